The number of carbonyl (C=O) groups is 1. The number of carbonyl (C=O) groups excluding carboxylic acids is 1. The molecule has 1 saturated carbocycles. The van der Waals surface area contributed by atoms with Gasteiger partial charge in [-0.25, -0.2) is 4.98 Å². The van der Waals surface area contributed by atoms with Crippen molar-refractivity contribution < 1.29 is 9.53 Å². The first-order chi connectivity index (χ1) is 18.2. The van der Waals surface area contributed by atoms with Crippen LogP contribution >= 0.6 is 0 Å². The Bertz CT molecular complexity index is 1440. The summed E-state index contributed by atoms with van der Waals surface area (Å²) in [6.45, 7) is 2.38. The molecule has 0 radical (unpaired) electrons. The summed E-state index contributed by atoms with van der Waals surface area (Å²) < 4.78 is 9.82. The van der Waals surface area contributed by atoms with Gasteiger partial charge in [0.2, 0.25) is 0 Å². The van der Waals surface area contributed by atoms with E-state index in [4.69, 9.17) is 14.8 Å². The standard InChI is InChI=1S/C29H30N6O2/c36-29(31-22-11-16-37-17-12-22)20-5-3-19(4-6-20)25-18-21(9-13-30-25)28-27(32-26-2-1-14-34(26)28)24-10-15-35(33-24)23-7-8-23/h3-6,9-10,13,15,18,22-23H,1-2,7-8,11-12,14,16-17H2,(H,31,36). The van der Waals surface area contributed by atoms with Crippen molar-refractivity contribution in [3.8, 4) is 33.9 Å². The molecule has 5 heterocycles. The third kappa shape index (κ3) is 4.35. The third-order valence-electron chi connectivity index (χ3n) is 7.63. The zero-order valence-electron chi connectivity index (χ0n) is 20.8. The molecule has 2 fully saturated rings. The van der Waals surface area contributed by atoms with Crippen LogP contribution in [0.1, 0.15) is 54.3 Å². The first-order valence-corrected chi connectivity index (χ1v) is 13.3. The van der Waals surface area contributed by atoms with Crippen LogP contribution in [0.3, 0.4) is 0 Å². The molecule has 4 aromatic rings. The normalized spacial score (nSPS) is 17.6. The molecule has 1 aliphatic carbocycles. The van der Waals surface area contributed by atoms with Gasteiger partial charge in [0.1, 0.15) is 17.2 Å². The second kappa shape index (κ2) is 9.27. The molecule has 2 aliphatic heterocycles. The Morgan fingerprint density at radius 2 is 1.81 bits per heavy atom. The number of aryl methyl sites for hydroxylation is 1. The van der Waals surface area contributed by atoms with Crippen LogP contribution in [-0.4, -0.2) is 49.5 Å². The SMILES string of the molecule is O=C(NC1CCOCC1)c1ccc(-c2cc(-c3c(-c4ccn(C5CC5)n4)nc4n3CCC4)ccn2)cc1. The van der Waals surface area contributed by atoms with Crippen LogP contribution in [0.15, 0.2) is 54.9 Å². The predicted octanol–water partition coefficient (Wildman–Crippen LogP) is 4.67. The van der Waals surface area contributed by atoms with Gasteiger partial charge in [0.05, 0.1) is 17.4 Å². The van der Waals surface area contributed by atoms with Crippen LogP contribution in [0.5, 0.6) is 0 Å². The highest BCUT2D eigenvalue weighted by Crippen LogP contribution is 2.38. The molecule has 8 nitrogen and oxygen atoms in total. The Morgan fingerprint density at radius 1 is 0.973 bits per heavy atom. The van der Waals surface area contributed by atoms with Crippen molar-refractivity contribution in [2.45, 2.75) is 57.2 Å². The van der Waals surface area contributed by atoms with Crippen molar-refractivity contribution in [2.75, 3.05) is 13.2 Å². The van der Waals surface area contributed by atoms with Gasteiger partial charge in [-0.2, -0.15) is 5.10 Å². The minimum Gasteiger partial charge on any atom is -0.381 e. The molecule has 1 saturated heterocycles. The molecule has 1 amide bonds. The molecule has 188 valence electrons. The van der Waals surface area contributed by atoms with Crippen LogP contribution in [-0.2, 0) is 17.7 Å². The molecular formula is C29H30N6O2. The smallest absolute Gasteiger partial charge is 0.251 e. The molecule has 37 heavy (non-hydrogen) atoms. The Balaban J connectivity index is 1.17. The van der Waals surface area contributed by atoms with Gasteiger partial charge in [-0.3, -0.25) is 14.5 Å². The second-order valence-corrected chi connectivity index (χ2v) is 10.3. The summed E-state index contributed by atoms with van der Waals surface area (Å²) >= 11 is 0. The van der Waals surface area contributed by atoms with Gasteiger partial charge in [-0.1, -0.05) is 12.1 Å². The van der Waals surface area contributed by atoms with Crippen molar-refractivity contribution in [1.29, 1.82) is 0 Å². The summed E-state index contributed by atoms with van der Waals surface area (Å²) in [7, 11) is 0. The number of benzene rings is 1. The molecule has 3 aromatic heterocycles. The zero-order valence-corrected chi connectivity index (χ0v) is 20.8. The van der Waals surface area contributed by atoms with Crippen LogP contribution in [0.4, 0.5) is 0 Å². The van der Waals surface area contributed by atoms with E-state index in [1.165, 1.54) is 12.8 Å². The van der Waals surface area contributed by atoms with Gasteiger partial charge < -0.3 is 14.6 Å². The van der Waals surface area contributed by atoms with E-state index in [0.29, 0.717) is 24.8 Å². The van der Waals surface area contributed by atoms with Crippen molar-refractivity contribution >= 4 is 5.91 Å². The summed E-state index contributed by atoms with van der Waals surface area (Å²) in [6.07, 6.45) is 10.2. The maximum absolute atomic E-state index is 12.7. The monoisotopic (exact) mass is 494 g/mol. The fourth-order valence-electron chi connectivity index (χ4n) is 5.44. The highest BCUT2D eigenvalue weighted by Gasteiger charge is 2.28. The average molecular weight is 495 g/mol. The number of amides is 1. The van der Waals surface area contributed by atoms with Crippen LogP contribution < -0.4 is 5.32 Å². The van der Waals surface area contributed by atoms with Gasteiger partial charge >= 0.3 is 0 Å². The third-order valence-corrected chi connectivity index (χ3v) is 7.63. The molecule has 3 aliphatic rings. The lowest BCUT2D eigenvalue weighted by Crippen LogP contribution is -2.38. The number of rotatable bonds is 6. The summed E-state index contributed by atoms with van der Waals surface area (Å²) in [5, 5.41) is 8.00. The summed E-state index contributed by atoms with van der Waals surface area (Å²) in [5.41, 5.74) is 6.59. The topological polar surface area (TPSA) is 86.9 Å². The number of imidazole rings is 1. The Labute approximate surface area is 215 Å². The van der Waals surface area contributed by atoms with Gasteiger partial charge in [-0.05, 0) is 62.4 Å². The molecule has 0 unspecified atom stereocenters. The molecule has 7 rings (SSSR count). The molecule has 1 N–H and O–H groups in total. The predicted molar refractivity (Wildman–Crippen MR) is 140 cm³/mol. The summed E-state index contributed by atoms with van der Waals surface area (Å²) in [4.78, 5) is 22.4. The van der Waals surface area contributed by atoms with E-state index in [9.17, 15) is 4.79 Å². The minimum atomic E-state index is -0.0368. The number of fused-ring (bicyclic) bond motifs is 1. The van der Waals surface area contributed by atoms with E-state index in [1.807, 2.05) is 30.5 Å². The van der Waals surface area contributed by atoms with Crippen molar-refractivity contribution in [2.24, 2.45) is 0 Å². The van der Waals surface area contributed by atoms with Gasteiger partial charge in [0.15, 0.2) is 0 Å². The van der Waals surface area contributed by atoms with E-state index in [2.05, 4.69) is 43.9 Å². The van der Waals surface area contributed by atoms with Gasteiger partial charge in [0.25, 0.3) is 5.91 Å². The Kier molecular flexibility index (Phi) is 5.61. The van der Waals surface area contributed by atoms with E-state index >= 15 is 0 Å². The number of nitrogens with zero attached hydrogens (tertiary/aromatic N) is 5. The minimum absolute atomic E-state index is 0.0368. The molecule has 0 bridgehead atoms. The number of aromatic nitrogens is 5. The van der Waals surface area contributed by atoms with E-state index in [-0.39, 0.29) is 11.9 Å². The second-order valence-electron chi connectivity index (χ2n) is 10.3. The average Bonchev–Trinajstić information content (AvgIpc) is 3.32. The van der Waals surface area contributed by atoms with Crippen molar-refractivity contribution in [3.63, 3.8) is 0 Å². The largest absolute Gasteiger partial charge is 0.381 e. The summed E-state index contributed by atoms with van der Waals surface area (Å²) in [5.74, 6) is 1.09. The van der Waals surface area contributed by atoms with Crippen LogP contribution in [0.2, 0.25) is 0 Å². The van der Waals surface area contributed by atoms with Gasteiger partial charge in [-0.15, -0.1) is 0 Å². The molecule has 0 spiro atoms. The lowest BCUT2D eigenvalue weighted by molar-refractivity contribution is 0.0696. The molecule has 0 atom stereocenters. The number of ether oxygens (including phenoxy) is 1. The first kappa shape index (κ1) is 22.4. The van der Waals surface area contributed by atoms with Crippen molar-refractivity contribution in [1.82, 2.24) is 29.6 Å². The van der Waals surface area contributed by atoms with Crippen molar-refractivity contribution in [3.05, 3.63) is 66.2 Å². The fourth-order valence-corrected chi connectivity index (χ4v) is 5.44. The molecular weight excluding hydrogens is 464 g/mol. The van der Waals surface area contributed by atoms with E-state index in [0.717, 1.165) is 72.0 Å². The van der Waals surface area contributed by atoms with Crippen LogP contribution in [0, 0.1) is 0 Å². The van der Waals surface area contributed by atoms with Crippen LogP contribution in [0.25, 0.3) is 33.9 Å². The number of nitrogens with one attached hydrogen (secondary N) is 1. The Hall–Kier alpha value is -3.78. The lowest BCUT2D eigenvalue weighted by atomic mass is 10.0. The highest BCUT2D eigenvalue weighted by molar-refractivity contribution is 5.95. The first-order valence-electron chi connectivity index (χ1n) is 13.3. The van der Waals surface area contributed by atoms with E-state index < -0.39 is 0 Å². The number of pyridine rings is 1. The van der Waals surface area contributed by atoms with E-state index in [1.54, 1.807) is 0 Å². The molecule has 1 aromatic carbocycles. The fraction of sp³-hybridized carbons (Fsp3) is 0.379. The number of hydrogen-bond donors (Lipinski definition) is 1. The molecule has 8 heteroatoms. The maximum atomic E-state index is 12.7. The maximum Gasteiger partial charge on any atom is 0.251 e. The zero-order chi connectivity index (χ0) is 24.8. The highest BCUT2D eigenvalue weighted by atomic mass is 16.5. The lowest BCUT2D eigenvalue weighted by Gasteiger charge is -2.23. The summed E-state index contributed by atoms with van der Waals surface area (Å²) in [6, 6.07) is 14.7. The number of hydrogen-bond acceptors (Lipinski definition) is 5. The Morgan fingerprint density at radius 3 is 2.62 bits per heavy atom. The van der Waals surface area contributed by atoms with Gasteiger partial charge in [0, 0.05) is 61.3 Å². The quantitative estimate of drug-likeness (QED) is 0.421.